The van der Waals surface area contributed by atoms with E-state index in [-0.39, 0.29) is 0 Å². The molecule has 3 heteroatoms. The SMILES string of the molecule is CO[Si](C)(C)Cc1ccc(CCl)cc1. The Morgan fingerprint density at radius 2 is 1.64 bits per heavy atom. The normalized spacial score (nSPS) is 11.7. The van der Waals surface area contributed by atoms with E-state index in [4.69, 9.17) is 16.0 Å². The van der Waals surface area contributed by atoms with Gasteiger partial charge in [-0.15, -0.1) is 11.6 Å². The summed E-state index contributed by atoms with van der Waals surface area (Å²) in [4.78, 5) is 0. The van der Waals surface area contributed by atoms with E-state index in [0.29, 0.717) is 5.88 Å². The van der Waals surface area contributed by atoms with Gasteiger partial charge in [-0.05, 0) is 30.3 Å². The van der Waals surface area contributed by atoms with Gasteiger partial charge < -0.3 is 4.43 Å². The molecule has 0 aliphatic heterocycles. The zero-order chi connectivity index (χ0) is 10.6. The van der Waals surface area contributed by atoms with Crippen LogP contribution in [0.4, 0.5) is 0 Å². The van der Waals surface area contributed by atoms with E-state index in [1.54, 1.807) is 7.11 Å². The van der Waals surface area contributed by atoms with E-state index < -0.39 is 8.32 Å². The fraction of sp³-hybridized carbons (Fsp3) is 0.455. The molecule has 0 bridgehead atoms. The molecular formula is C11H17ClOSi. The Labute approximate surface area is 92.2 Å². The topological polar surface area (TPSA) is 9.23 Å². The molecule has 0 spiro atoms. The molecule has 0 fully saturated rings. The van der Waals surface area contributed by atoms with Gasteiger partial charge in [0.2, 0.25) is 0 Å². The van der Waals surface area contributed by atoms with Crippen molar-refractivity contribution in [1.82, 2.24) is 0 Å². The van der Waals surface area contributed by atoms with Crippen LogP contribution in [-0.4, -0.2) is 15.4 Å². The molecule has 0 radical (unpaired) electrons. The Kier molecular flexibility index (Phi) is 4.17. The zero-order valence-corrected chi connectivity index (χ0v) is 10.8. The molecular weight excluding hydrogens is 212 g/mol. The standard InChI is InChI=1S/C11H17ClOSi/c1-13-14(2,3)9-11-6-4-10(8-12)5-7-11/h4-7H,8-9H2,1-3H3. The average Bonchev–Trinajstić information content (AvgIpc) is 2.19. The predicted octanol–water partition coefficient (Wildman–Crippen LogP) is 3.36. The fourth-order valence-electron chi connectivity index (χ4n) is 1.31. The van der Waals surface area contributed by atoms with Crippen molar-refractivity contribution < 1.29 is 4.43 Å². The molecule has 1 aromatic rings. The van der Waals surface area contributed by atoms with Crippen LogP contribution in [0.1, 0.15) is 11.1 Å². The first kappa shape index (κ1) is 11.8. The summed E-state index contributed by atoms with van der Waals surface area (Å²) in [5, 5.41) is 0. The number of alkyl halides is 1. The van der Waals surface area contributed by atoms with Crippen LogP contribution in [0.3, 0.4) is 0 Å². The molecule has 1 aromatic carbocycles. The van der Waals surface area contributed by atoms with E-state index in [1.165, 1.54) is 11.1 Å². The van der Waals surface area contributed by atoms with Gasteiger partial charge in [-0.3, -0.25) is 0 Å². The average molecular weight is 229 g/mol. The van der Waals surface area contributed by atoms with Crippen LogP contribution < -0.4 is 0 Å². The first-order valence-corrected chi connectivity index (χ1v) is 8.41. The maximum atomic E-state index is 5.72. The highest BCUT2D eigenvalue weighted by molar-refractivity contribution is 6.70. The van der Waals surface area contributed by atoms with Crippen molar-refractivity contribution in [2.45, 2.75) is 25.0 Å². The summed E-state index contributed by atoms with van der Waals surface area (Å²) in [5.74, 6) is 0.589. The van der Waals surface area contributed by atoms with Crippen LogP contribution in [0.2, 0.25) is 13.1 Å². The van der Waals surface area contributed by atoms with Crippen molar-refractivity contribution in [3.8, 4) is 0 Å². The summed E-state index contributed by atoms with van der Waals surface area (Å²) in [6.45, 7) is 4.45. The van der Waals surface area contributed by atoms with Crippen molar-refractivity contribution in [3.05, 3.63) is 35.4 Å². The summed E-state index contributed by atoms with van der Waals surface area (Å²) < 4.78 is 5.51. The summed E-state index contributed by atoms with van der Waals surface area (Å²) in [6.07, 6.45) is 0. The van der Waals surface area contributed by atoms with Gasteiger partial charge in [-0.25, -0.2) is 0 Å². The highest BCUT2D eigenvalue weighted by Crippen LogP contribution is 2.14. The minimum absolute atomic E-state index is 0.589. The van der Waals surface area contributed by atoms with Gasteiger partial charge in [-0.1, -0.05) is 24.3 Å². The molecule has 1 rings (SSSR count). The lowest BCUT2D eigenvalue weighted by molar-refractivity contribution is 0.403. The number of hydrogen-bond acceptors (Lipinski definition) is 1. The molecule has 0 amide bonds. The third-order valence-corrected chi connectivity index (χ3v) is 5.03. The Morgan fingerprint density at radius 1 is 1.14 bits per heavy atom. The third-order valence-electron chi connectivity index (χ3n) is 2.36. The smallest absolute Gasteiger partial charge is 0.190 e. The summed E-state index contributed by atoms with van der Waals surface area (Å²) in [5.41, 5.74) is 2.52. The van der Waals surface area contributed by atoms with Gasteiger partial charge in [0, 0.05) is 13.0 Å². The number of hydrogen-bond donors (Lipinski definition) is 0. The largest absolute Gasteiger partial charge is 0.420 e. The van der Waals surface area contributed by atoms with E-state index >= 15 is 0 Å². The van der Waals surface area contributed by atoms with E-state index in [9.17, 15) is 0 Å². The van der Waals surface area contributed by atoms with Crippen molar-refractivity contribution in [2.24, 2.45) is 0 Å². The first-order chi connectivity index (χ1) is 6.57. The Bertz CT molecular complexity index is 282. The van der Waals surface area contributed by atoms with Gasteiger partial charge >= 0.3 is 0 Å². The Balaban J connectivity index is 2.69. The molecule has 0 unspecified atom stereocenters. The molecule has 1 nitrogen and oxygen atoms in total. The lowest BCUT2D eigenvalue weighted by atomic mass is 10.2. The molecule has 0 aliphatic carbocycles. The maximum Gasteiger partial charge on any atom is 0.190 e. The predicted molar refractivity (Wildman–Crippen MR) is 64.2 cm³/mol. The van der Waals surface area contributed by atoms with Gasteiger partial charge in [0.15, 0.2) is 8.32 Å². The fourth-order valence-corrected chi connectivity index (χ4v) is 2.85. The highest BCUT2D eigenvalue weighted by atomic mass is 35.5. The van der Waals surface area contributed by atoms with Crippen LogP contribution in [0.15, 0.2) is 24.3 Å². The highest BCUT2D eigenvalue weighted by Gasteiger charge is 2.20. The minimum Gasteiger partial charge on any atom is -0.420 e. The summed E-state index contributed by atoms with van der Waals surface area (Å²) in [7, 11) is 0.326. The van der Waals surface area contributed by atoms with Crippen LogP contribution in [0, 0.1) is 0 Å². The molecule has 0 saturated heterocycles. The van der Waals surface area contributed by atoms with Gasteiger partial charge in [-0.2, -0.15) is 0 Å². The lowest BCUT2D eigenvalue weighted by Gasteiger charge is -2.19. The molecule has 14 heavy (non-hydrogen) atoms. The lowest BCUT2D eigenvalue weighted by Crippen LogP contribution is -2.32. The molecule has 0 aliphatic rings. The van der Waals surface area contributed by atoms with Gasteiger partial charge in [0.1, 0.15) is 0 Å². The molecule has 0 N–H and O–H groups in total. The second-order valence-corrected chi connectivity index (χ2v) is 8.64. The van der Waals surface area contributed by atoms with Crippen LogP contribution in [-0.2, 0) is 16.4 Å². The third kappa shape index (κ3) is 3.44. The number of rotatable bonds is 4. The Hall–Kier alpha value is -0.313. The maximum absolute atomic E-state index is 5.72. The Morgan fingerprint density at radius 3 is 2.07 bits per heavy atom. The van der Waals surface area contributed by atoms with Crippen molar-refractivity contribution in [2.75, 3.05) is 7.11 Å². The number of halogens is 1. The second kappa shape index (κ2) is 4.96. The van der Waals surface area contributed by atoms with Gasteiger partial charge in [0.05, 0.1) is 0 Å². The number of benzene rings is 1. The minimum atomic E-state index is -1.48. The van der Waals surface area contributed by atoms with Gasteiger partial charge in [0.25, 0.3) is 0 Å². The second-order valence-electron chi connectivity index (χ2n) is 4.09. The van der Waals surface area contributed by atoms with E-state index in [1.807, 2.05) is 0 Å². The quantitative estimate of drug-likeness (QED) is 0.567. The monoisotopic (exact) mass is 228 g/mol. The molecule has 0 heterocycles. The van der Waals surface area contributed by atoms with Crippen LogP contribution >= 0.6 is 11.6 Å². The first-order valence-electron chi connectivity index (χ1n) is 4.76. The van der Waals surface area contributed by atoms with Crippen molar-refractivity contribution >= 4 is 19.9 Å². The molecule has 78 valence electrons. The van der Waals surface area contributed by atoms with Crippen LogP contribution in [0.25, 0.3) is 0 Å². The summed E-state index contributed by atoms with van der Waals surface area (Å²) >= 11 is 5.72. The van der Waals surface area contributed by atoms with Crippen molar-refractivity contribution in [3.63, 3.8) is 0 Å². The van der Waals surface area contributed by atoms with E-state index in [0.717, 1.165) is 6.04 Å². The van der Waals surface area contributed by atoms with Crippen LogP contribution in [0.5, 0.6) is 0 Å². The molecule has 0 saturated carbocycles. The van der Waals surface area contributed by atoms with E-state index in [2.05, 4.69) is 37.4 Å². The summed E-state index contributed by atoms with van der Waals surface area (Å²) in [6, 6.07) is 9.52. The molecule has 0 atom stereocenters. The van der Waals surface area contributed by atoms with Crippen molar-refractivity contribution in [1.29, 1.82) is 0 Å². The zero-order valence-electron chi connectivity index (χ0n) is 9.01. The molecule has 0 aromatic heterocycles.